The van der Waals surface area contributed by atoms with Gasteiger partial charge in [-0.2, -0.15) is 0 Å². The summed E-state index contributed by atoms with van der Waals surface area (Å²) in [6, 6.07) is 13.6. The van der Waals surface area contributed by atoms with Gasteiger partial charge in [-0.15, -0.1) is 11.8 Å². The van der Waals surface area contributed by atoms with Crippen LogP contribution < -0.4 is 10.2 Å². The van der Waals surface area contributed by atoms with Gasteiger partial charge in [0.1, 0.15) is 11.2 Å². The van der Waals surface area contributed by atoms with Gasteiger partial charge in [-0.1, -0.05) is 51.2 Å². The van der Waals surface area contributed by atoms with Crippen LogP contribution in [0.1, 0.15) is 62.8 Å². The molecule has 1 aliphatic rings. The molecule has 0 saturated carbocycles. The van der Waals surface area contributed by atoms with Crippen LogP contribution in [0.5, 0.6) is 0 Å². The molecule has 0 unspecified atom stereocenters. The SMILES string of the molecule is CCCCCCCCC(=O)Nc1ccc([C@@H]2SCC(=O)N2c2ccc(F)cc2)cc1. The zero-order valence-electron chi connectivity index (χ0n) is 17.4. The minimum absolute atomic E-state index is 0.00734. The average molecular weight is 429 g/mol. The molecule has 1 atom stereocenters. The highest BCUT2D eigenvalue weighted by atomic mass is 32.2. The second kappa shape index (κ2) is 11.2. The Morgan fingerprint density at radius 3 is 2.40 bits per heavy atom. The first-order valence-electron chi connectivity index (χ1n) is 10.7. The predicted octanol–water partition coefficient (Wildman–Crippen LogP) is 6.29. The molecule has 0 aromatic heterocycles. The first-order chi connectivity index (χ1) is 14.6. The average Bonchev–Trinajstić information content (AvgIpc) is 3.13. The highest BCUT2D eigenvalue weighted by molar-refractivity contribution is 8.00. The summed E-state index contributed by atoms with van der Waals surface area (Å²) in [6.07, 6.45) is 7.49. The number of halogens is 1. The zero-order valence-corrected chi connectivity index (χ0v) is 18.2. The molecule has 1 aliphatic heterocycles. The van der Waals surface area contributed by atoms with Crippen LogP contribution in [0.2, 0.25) is 0 Å². The van der Waals surface area contributed by atoms with Gasteiger partial charge in [-0.25, -0.2) is 4.39 Å². The summed E-state index contributed by atoms with van der Waals surface area (Å²) < 4.78 is 13.2. The van der Waals surface area contributed by atoms with Crippen molar-refractivity contribution in [3.05, 3.63) is 59.9 Å². The van der Waals surface area contributed by atoms with E-state index in [1.165, 1.54) is 37.8 Å². The highest BCUT2D eigenvalue weighted by Gasteiger charge is 2.33. The normalized spacial score (nSPS) is 16.1. The number of hydrogen-bond donors (Lipinski definition) is 1. The van der Waals surface area contributed by atoms with Crippen LogP contribution in [0, 0.1) is 5.82 Å². The maximum absolute atomic E-state index is 13.2. The molecule has 2 amide bonds. The monoisotopic (exact) mass is 428 g/mol. The number of unbranched alkanes of at least 4 members (excludes halogenated alkanes) is 5. The van der Waals surface area contributed by atoms with Crippen molar-refractivity contribution in [2.75, 3.05) is 16.0 Å². The van der Waals surface area contributed by atoms with E-state index in [1.54, 1.807) is 28.8 Å². The molecule has 0 spiro atoms. The van der Waals surface area contributed by atoms with Crippen molar-refractivity contribution < 1.29 is 14.0 Å². The highest BCUT2D eigenvalue weighted by Crippen LogP contribution is 2.41. The van der Waals surface area contributed by atoms with Crippen molar-refractivity contribution in [1.82, 2.24) is 0 Å². The zero-order chi connectivity index (χ0) is 21.3. The number of hydrogen-bond acceptors (Lipinski definition) is 3. The van der Waals surface area contributed by atoms with Crippen LogP contribution in [-0.2, 0) is 9.59 Å². The lowest BCUT2D eigenvalue weighted by molar-refractivity contribution is -0.116. The Hall–Kier alpha value is -2.34. The van der Waals surface area contributed by atoms with Crippen molar-refractivity contribution in [2.24, 2.45) is 0 Å². The second-order valence-electron chi connectivity index (χ2n) is 7.59. The summed E-state index contributed by atoms with van der Waals surface area (Å²) in [6.45, 7) is 2.20. The van der Waals surface area contributed by atoms with E-state index in [2.05, 4.69) is 12.2 Å². The fourth-order valence-electron chi connectivity index (χ4n) is 3.57. The first kappa shape index (κ1) is 22.3. The molecule has 0 aliphatic carbocycles. The molecule has 160 valence electrons. The molecule has 0 radical (unpaired) electrons. The minimum atomic E-state index is -0.323. The van der Waals surface area contributed by atoms with Gasteiger partial charge in [0, 0.05) is 17.8 Å². The van der Waals surface area contributed by atoms with Gasteiger partial charge in [0.25, 0.3) is 0 Å². The molecular formula is C24H29FN2O2S. The second-order valence-corrected chi connectivity index (χ2v) is 8.66. The van der Waals surface area contributed by atoms with Crippen molar-refractivity contribution in [2.45, 2.75) is 57.2 Å². The third-order valence-corrected chi connectivity index (χ3v) is 6.42. The van der Waals surface area contributed by atoms with Crippen LogP contribution in [-0.4, -0.2) is 17.6 Å². The molecule has 30 heavy (non-hydrogen) atoms. The molecule has 6 heteroatoms. The predicted molar refractivity (Wildman–Crippen MR) is 122 cm³/mol. The van der Waals surface area contributed by atoms with Crippen molar-refractivity contribution in [3.8, 4) is 0 Å². The number of rotatable bonds is 10. The van der Waals surface area contributed by atoms with Gasteiger partial charge in [0.05, 0.1) is 5.75 Å². The summed E-state index contributed by atoms with van der Waals surface area (Å²) in [7, 11) is 0. The Balaban J connectivity index is 1.55. The van der Waals surface area contributed by atoms with Crippen molar-refractivity contribution in [3.63, 3.8) is 0 Å². The molecule has 1 N–H and O–H groups in total. The van der Waals surface area contributed by atoms with E-state index >= 15 is 0 Å². The number of carbonyl (C=O) groups excluding carboxylic acids is 2. The van der Waals surface area contributed by atoms with E-state index in [9.17, 15) is 14.0 Å². The van der Waals surface area contributed by atoms with Gasteiger partial charge < -0.3 is 5.32 Å². The van der Waals surface area contributed by atoms with Crippen molar-refractivity contribution in [1.29, 1.82) is 0 Å². The van der Waals surface area contributed by atoms with E-state index in [0.29, 0.717) is 17.9 Å². The lowest BCUT2D eigenvalue weighted by Gasteiger charge is -2.24. The largest absolute Gasteiger partial charge is 0.326 e. The molecular weight excluding hydrogens is 399 g/mol. The Morgan fingerprint density at radius 2 is 1.70 bits per heavy atom. The van der Waals surface area contributed by atoms with E-state index in [-0.39, 0.29) is 23.0 Å². The standard InChI is InChI=1S/C24H29FN2O2S/c1-2-3-4-5-6-7-8-22(28)26-20-13-9-18(10-14-20)24-27(23(29)17-30-24)21-15-11-19(25)12-16-21/h9-16,24H,2-8,17H2,1H3,(H,26,28)/t24-/m0/s1. The molecule has 2 aromatic carbocycles. The Bertz CT molecular complexity index is 839. The van der Waals surface area contributed by atoms with E-state index in [4.69, 9.17) is 0 Å². The maximum atomic E-state index is 13.2. The molecule has 1 saturated heterocycles. The van der Waals surface area contributed by atoms with Gasteiger partial charge in [0.2, 0.25) is 11.8 Å². The van der Waals surface area contributed by atoms with Gasteiger partial charge in [-0.3, -0.25) is 14.5 Å². The number of nitrogens with one attached hydrogen (secondary N) is 1. The Morgan fingerprint density at radius 1 is 1.03 bits per heavy atom. The van der Waals surface area contributed by atoms with Crippen LogP contribution in [0.3, 0.4) is 0 Å². The third kappa shape index (κ3) is 6.08. The molecule has 4 nitrogen and oxygen atoms in total. The summed E-state index contributed by atoms with van der Waals surface area (Å²) >= 11 is 1.54. The van der Waals surface area contributed by atoms with E-state index in [1.807, 2.05) is 24.3 Å². The molecule has 1 heterocycles. The molecule has 1 fully saturated rings. The fourth-order valence-corrected chi connectivity index (χ4v) is 4.75. The Kier molecular flexibility index (Phi) is 8.31. The van der Waals surface area contributed by atoms with Crippen LogP contribution >= 0.6 is 11.8 Å². The number of amides is 2. The van der Waals surface area contributed by atoms with Crippen molar-refractivity contribution >= 4 is 35.0 Å². The van der Waals surface area contributed by atoms with Gasteiger partial charge in [-0.05, 0) is 48.4 Å². The minimum Gasteiger partial charge on any atom is -0.326 e. The van der Waals surface area contributed by atoms with Crippen LogP contribution in [0.15, 0.2) is 48.5 Å². The maximum Gasteiger partial charge on any atom is 0.238 e. The quantitative estimate of drug-likeness (QED) is 0.452. The number of anilines is 2. The first-order valence-corrected chi connectivity index (χ1v) is 11.7. The molecule has 3 rings (SSSR count). The molecule has 2 aromatic rings. The molecule has 0 bridgehead atoms. The number of benzene rings is 2. The fraction of sp³-hybridized carbons (Fsp3) is 0.417. The summed E-state index contributed by atoms with van der Waals surface area (Å²) in [4.78, 5) is 26.2. The Labute approximate surface area is 182 Å². The van der Waals surface area contributed by atoms with Gasteiger partial charge >= 0.3 is 0 Å². The van der Waals surface area contributed by atoms with E-state index < -0.39 is 0 Å². The third-order valence-electron chi connectivity index (χ3n) is 5.21. The van der Waals surface area contributed by atoms with E-state index in [0.717, 1.165) is 24.1 Å². The number of nitrogens with zero attached hydrogens (tertiary/aromatic N) is 1. The smallest absolute Gasteiger partial charge is 0.238 e. The number of thioether (sulfide) groups is 1. The van der Waals surface area contributed by atoms with Crippen LogP contribution in [0.4, 0.5) is 15.8 Å². The lowest BCUT2D eigenvalue weighted by Crippen LogP contribution is -2.27. The van der Waals surface area contributed by atoms with Crippen LogP contribution in [0.25, 0.3) is 0 Å². The summed E-state index contributed by atoms with van der Waals surface area (Å²) in [5, 5.41) is 2.80. The lowest BCUT2D eigenvalue weighted by atomic mass is 10.1. The topological polar surface area (TPSA) is 49.4 Å². The number of carbonyl (C=O) groups is 2. The summed E-state index contributed by atoms with van der Waals surface area (Å²) in [5.74, 6) is 0.110. The van der Waals surface area contributed by atoms with Gasteiger partial charge in [0.15, 0.2) is 0 Å². The summed E-state index contributed by atoms with van der Waals surface area (Å²) in [5.41, 5.74) is 2.43.